The topological polar surface area (TPSA) is 95.1 Å². The van der Waals surface area contributed by atoms with Gasteiger partial charge in [0.1, 0.15) is 0 Å². The molecule has 0 spiro atoms. The highest BCUT2D eigenvalue weighted by atomic mass is 32.1. The van der Waals surface area contributed by atoms with Gasteiger partial charge in [-0.3, -0.25) is 4.79 Å². The number of aromatic amines is 1. The third-order valence-electron chi connectivity index (χ3n) is 2.93. The summed E-state index contributed by atoms with van der Waals surface area (Å²) in [6, 6.07) is 8.49. The van der Waals surface area contributed by atoms with E-state index >= 15 is 0 Å². The highest BCUT2D eigenvalue weighted by Crippen LogP contribution is 2.31. The Hall–Kier alpha value is -2.67. The molecule has 0 radical (unpaired) electrons. The van der Waals surface area contributed by atoms with Crippen LogP contribution in [0.4, 0.5) is 5.00 Å². The molecule has 0 amide bonds. The maximum atomic E-state index is 11.2. The Balaban J connectivity index is 1.86. The van der Waals surface area contributed by atoms with Crippen molar-refractivity contribution in [2.45, 2.75) is 6.54 Å². The van der Waals surface area contributed by atoms with Gasteiger partial charge in [0.05, 0.1) is 11.5 Å². The minimum absolute atomic E-state index is 0.0462. The normalized spacial score (nSPS) is 10.7. The highest BCUT2D eigenvalue weighted by Gasteiger charge is 2.12. The Morgan fingerprint density at radius 2 is 2.24 bits per heavy atom. The maximum Gasteiger partial charge on any atom is 0.355 e. The molecule has 3 aromatic heterocycles. The van der Waals surface area contributed by atoms with Crippen molar-refractivity contribution in [1.29, 1.82) is 0 Å². The molecule has 6 nitrogen and oxygen atoms in total. The number of H-pyrrole nitrogens is 1. The molecule has 0 fully saturated rings. The Morgan fingerprint density at radius 3 is 3.00 bits per heavy atom. The van der Waals surface area contributed by atoms with Gasteiger partial charge in [-0.05, 0) is 18.2 Å². The zero-order valence-electron chi connectivity index (χ0n) is 10.8. The number of fused-ring (bicyclic) bond motifs is 1. The molecule has 0 bridgehead atoms. The fourth-order valence-corrected chi connectivity index (χ4v) is 2.95. The van der Waals surface area contributed by atoms with Crippen LogP contribution in [0.5, 0.6) is 0 Å². The molecule has 0 aliphatic heterocycles. The number of rotatable bonds is 4. The van der Waals surface area contributed by atoms with Crippen molar-refractivity contribution in [3.05, 3.63) is 58.3 Å². The second kappa shape index (κ2) is 5.37. The zero-order chi connectivity index (χ0) is 14.8. The summed E-state index contributed by atoms with van der Waals surface area (Å²) >= 11 is 1.45. The van der Waals surface area contributed by atoms with E-state index in [1.807, 2.05) is 6.07 Å². The van der Waals surface area contributed by atoms with E-state index in [-0.39, 0.29) is 11.3 Å². The highest BCUT2D eigenvalue weighted by molar-refractivity contribution is 7.22. The standard InChI is InChI=1S/C14H11N3O3S/c18-11-3-1-2-8(17-11)7-16-12-6-9-10(21-12)4-5-15-13(9)14(19)20/h1-6,16H,7H2,(H,17,18)(H,19,20). The van der Waals surface area contributed by atoms with E-state index in [4.69, 9.17) is 5.11 Å². The molecule has 0 aliphatic rings. The van der Waals surface area contributed by atoms with Gasteiger partial charge in [-0.15, -0.1) is 11.3 Å². The molecular weight excluding hydrogens is 290 g/mol. The summed E-state index contributed by atoms with van der Waals surface area (Å²) in [5.41, 5.74) is 0.657. The van der Waals surface area contributed by atoms with Crippen molar-refractivity contribution >= 4 is 32.4 Å². The first kappa shape index (κ1) is 13.3. The predicted molar refractivity (Wildman–Crippen MR) is 81.0 cm³/mol. The molecule has 7 heteroatoms. The number of thiophene rings is 1. The summed E-state index contributed by atoms with van der Waals surface area (Å²) < 4.78 is 0.853. The molecule has 0 atom stereocenters. The van der Waals surface area contributed by atoms with E-state index in [2.05, 4.69) is 15.3 Å². The first-order valence-corrected chi connectivity index (χ1v) is 6.99. The van der Waals surface area contributed by atoms with E-state index in [0.29, 0.717) is 11.9 Å². The lowest BCUT2D eigenvalue weighted by molar-refractivity contribution is 0.0693. The number of nitrogens with zero attached hydrogens (tertiary/aromatic N) is 1. The Kier molecular flexibility index (Phi) is 3.41. The lowest BCUT2D eigenvalue weighted by atomic mass is 10.2. The number of carbonyl (C=O) groups is 1. The molecule has 21 heavy (non-hydrogen) atoms. The number of pyridine rings is 2. The van der Waals surface area contributed by atoms with E-state index in [9.17, 15) is 9.59 Å². The second-order valence-corrected chi connectivity index (χ2v) is 5.46. The Bertz CT molecular complexity index is 869. The number of anilines is 1. The Morgan fingerprint density at radius 1 is 1.38 bits per heavy atom. The van der Waals surface area contributed by atoms with E-state index < -0.39 is 5.97 Å². The maximum absolute atomic E-state index is 11.2. The van der Waals surface area contributed by atoms with Gasteiger partial charge >= 0.3 is 5.97 Å². The molecule has 0 aliphatic carbocycles. The fraction of sp³-hybridized carbons (Fsp3) is 0.0714. The van der Waals surface area contributed by atoms with E-state index in [0.717, 1.165) is 15.4 Å². The minimum atomic E-state index is -1.04. The zero-order valence-corrected chi connectivity index (χ0v) is 11.6. The molecule has 3 N–H and O–H groups in total. The van der Waals surface area contributed by atoms with Gasteiger partial charge in [-0.2, -0.15) is 0 Å². The lowest BCUT2D eigenvalue weighted by Crippen LogP contribution is -2.09. The van der Waals surface area contributed by atoms with Gasteiger partial charge in [-0.25, -0.2) is 9.78 Å². The fourth-order valence-electron chi connectivity index (χ4n) is 2.00. The van der Waals surface area contributed by atoms with Crippen LogP contribution in [0.15, 0.2) is 41.3 Å². The quantitative estimate of drug-likeness (QED) is 0.687. The van der Waals surface area contributed by atoms with Crippen molar-refractivity contribution in [3.63, 3.8) is 0 Å². The Labute approximate surface area is 123 Å². The molecule has 3 rings (SSSR count). The molecule has 3 heterocycles. The minimum Gasteiger partial charge on any atom is -0.476 e. The summed E-state index contributed by atoms with van der Waals surface area (Å²) in [5, 5.41) is 13.7. The SMILES string of the molecule is O=C(O)c1nccc2sc(NCc3cccc(=O)[nH]3)cc12. The number of hydrogen-bond acceptors (Lipinski definition) is 5. The van der Waals surface area contributed by atoms with E-state index in [1.165, 1.54) is 23.6 Å². The number of carboxylic acids is 1. The number of hydrogen-bond donors (Lipinski definition) is 3. The van der Waals surface area contributed by atoms with Crippen LogP contribution >= 0.6 is 11.3 Å². The number of nitrogens with one attached hydrogen (secondary N) is 2. The van der Waals surface area contributed by atoms with Crippen LogP contribution in [-0.2, 0) is 6.54 Å². The number of aromatic nitrogens is 2. The van der Waals surface area contributed by atoms with Crippen LogP contribution in [0, 0.1) is 0 Å². The summed E-state index contributed by atoms with van der Waals surface area (Å²) in [6.45, 7) is 0.457. The molecule has 0 saturated carbocycles. The summed E-state index contributed by atoms with van der Waals surface area (Å²) in [4.78, 5) is 28.9. The third-order valence-corrected chi connectivity index (χ3v) is 3.99. The smallest absolute Gasteiger partial charge is 0.355 e. The molecular formula is C14H11N3O3S. The molecule has 106 valence electrons. The van der Waals surface area contributed by atoms with Crippen LogP contribution in [0.1, 0.15) is 16.2 Å². The first-order valence-electron chi connectivity index (χ1n) is 6.17. The van der Waals surface area contributed by atoms with Gasteiger partial charge in [0.25, 0.3) is 0 Å². The predicted octanol–water partition coefficient (Wildman–Crippen LogP) is 2.29. The van der Waals surface area contributed by atoms with Crippen LogP contribution in [0.2, 0.25) is 0 Å². The van der Waals surface area contributed by atoms with Gasteiger partial charge < -0.3 is 15.4 Å². The lowest BCUT2D eigenvalue weighted by Gasteiger charge is -2.02. The molecule has 0 aromatic carbocycles. The van der Waals surface area contributed by atoms with Crippen LogP contribution in [0.3, 0.4) is 0 Å². The van der Waals surface area contributed by atoms with Crippen LogP contribution < -0.4 is 10.9 Å². The van der Waals surface area contributed by atoms with Gasteiger partial charge in [0.15, 0.2) is 5.69 Å². The van der Waals surface area contributed by atoms with Crippen LogP contribution in [-0.4, -0.2) is 21.0 Å². The summed E-state index contributed by atoms with van der Waals surface area (Å²) in [6.07, 6.45) is 1.49. The van der Waals surface area contributed by atoms with Gasteiger partial charge in [-0.1, -0.05) is 6.07 Å². The van der Waals surface area contributed by atoms with Gasteiger partial charge in [0, 0.05) is 28.0 Å². The average molecular weight is 301 g/mol. The number of carboxylic acid groups (broad SMARTS) is 1. The van der Waals surface area contributed by atoms with Crippen molar-refractivity contribution in [3.8, 4) is 0 Å². The average Bonchev–Trinajstić information content (AvgIpc) is 2.87. The number of aromatic carboxylic acids is 1. The third kappa shape index (κ3) is 2.77. The van der Waals surface area contributed by atoms with Crippen molar-refractivity contribution in [2.24, 2.45) is 0 Å². The van der Waals surface area contributed by atoms with Crippen molar-refractivity contribution in [2.75, 3.05) is 5.32 Å². The second-order valence-electron chi connectivity index (χ2n) is 4.38. The van der Waals surface area contributed by atoms with Gasteiger partial charge in [0.2, 0.25) is 5.56 Å². The summed E-state index contributed by atoms with van der Waals surface area (Å²) in [5.74, 6) is -1.04. The molecule has 0 saturated heterocycles. The van der Waals surface area contributed by atoms with E-state index in [1.54, 1.807) is 18.2 Å². The molecule has 3 aromatic rings. The molecule has 0 unspecified atom stereocenters. The largest absolute Gasteiger partial charge is 0.476 e. The summed E-state index contributed by atoms with van der Waals surface area (Å²) in [7, 11) is 0. The van der Waals surface area contributed by atoms with Crippen LogP contribution in [0.25, 0.3) is 10.1 Å². The monoisotopic (exact) mass is 301 g/mol. The first-order chi connectivity index (χ1) is 10.1. The van der Waals surface area contributed by atoms with Crippen molar-refractivity contribution < 1.29 is 9.90 Å². The van der Waals surface area contributed by atoms with Crippen molar-refractivity contribution in [1.82, 2.24) is 9.97 Å².